The minimum Gasteiger partial charge on any atom is -0.462 e. The Morgan fingerprint density at radius 3 is 1.96 bits per heavy atom. The summed E-state index contributed by atoms with van der Waals surface area (Å²) in [4.78, 5) is 11.6. The van der Waals surface area contributed by atoms with Crippen LogP contribution in [0, 0.1) is 0 Å². The molecule has 0 atom stereocenters. The third-order valence-corrected chi connectivity index (χ3v) is 3.50. The van der Waals surface area contributed by atoms with E-state index in [-0.39, 0.29) is 12.7 Å². The molecule has 2 rings (SSSR count). The number of hydrogen-bond donors (Lipinski definition) is 0. The zero-order valence-corrected chi connectivity index (χ0v) is 13.8. The smallest absolute Gasteiger partial charge is 0.416 e. The molecular weight excluding hydrogens is 374 g/mol. The van der Waals surface area contributed by atoms with Crippen LogP contribution in [-0.4, -0.2) is 12.6 Å². The second kappa shape index (κ2) is 8.28. The van der Waals surface area contributed by atoms with Gasteiger partial charge in [-0.25, -0.2) is 4.79 Å². The fourth-order valence-electron chi connectivity index (χ4n) is 2.20. The van der Waals surface area contributed by atoms with Gasteiger partial charge in [0.25, 0.3) is 0 Å². The Balaban J connectivity index is 2.07. The van der Waals surface area contributed by atoms with Crippen molar-refractivity contribution in [3.8, 4) is 0 Å². The first-order valence-electron chi connectivity index (χ1n) is 7.74. The zero-order chi connectivity index (χ0) is 20.1. The molecule has 0 aliphatic carbocycles. The van der Waals surface area contributed by atoms with Gasteiger partial charge in [-0.3, -0.25) is 0 Å². The Hall–Kier alpha value is -2.77. The molecule has 2 aromatic rings. The summed E-state index contributed by atoms with van der Waals surface area (Å²) >= 11 is 0. The van der Waals surface area contributed by atoms with Gasteiger partial charge in [-0.15, -0.1) is 0 Å². The van der Waals surface area contributed by atoms with E-state index in [1.54, 1.807) is 0 Å². The van der Waals surface area contributed by atoms with Gasteiger partial charge in [-0.2, -0.15) is 26.3 Å². The second-order valence-corrected chi connectivity index (χ2v) is 5.58. The molecule has 2 nitrogen and oxygen atoms in total. The fraction of sp³-hybridized carbons (Fsp3) is 0.211. The minimum atomic E-state index is -4.94. The van der Waals surface area contributed by atoms with Crippen molar-refractivity contribution >= 4 is 12.0 Å². The van der Waals surface area contributed by atoms with Crippen molar-refractivity contribution in [1.29, 1.82) is 0 Å². The van der Waals surface area contributed by atoms with Gasteiger partial charge in [-0.1, -0.05) is 30.3 Å². The standard InChI is InChI=1S/C19H14F6O2/c20-18(21,22)15-10-14(11-16(12-15)19(23,24)25)6-7-17(26)27-9-8-13-4-2-1-3-5-13/h1-7,10-12H,8-9H2. The predicted octanol–water partition coefficient (Wildman–Crippen LogP) is 5.52. The molecule has 8 heteroatoms. The van der Waals surface area contributed by atoms with E-state index in [2.05, 4.69) is 0 Å². The fourth-order valence-corrected chi connectivity index (χ4v) is 2.20. The number of rotatable bonds is 5. The zero-order valence-electron chi connectivity index (χ0n) is 13.8. The van der Waals surface area contributed by atoms with Crippen LogP contribution in [0.15, 0.2) is 54.6 Å². The van der Waals surface area contributed by atoms with Gasteiger partial charge in [0.2, 0.25) is 0 Å². The maximum absolute atomic E-state index is 12.8. The molecule has 0 N–H and O–H groups in total. The Labute approximate surface area is 151 Å². The van der Waals surface area contributed by atoms with Crippen LogP contribution in [0.25, 0.3) is 6.08 Å². The number of esters is 1. The molecule has 0 radical (unpaired) electrons. The number of carbonyl (C=O) groups excluding carboxylic acids is 1. The Kier molecular flexibility index (Phi) is 6.30. The van der Waals surface area contributed by atoms with Crippen molar-refractivity contribution < 1.29 is 35.9 Å². The number of benzene rings is 2. The quantitative estimate of drug-likeness (QED) is 0.383. The maximum Gasteiger partial charge on any atom is 0.416 e. The lowest BCUT2D eigenvalue weighted by molar-refractivity contribution is -0.143. The third-order valence-electron chi connectivity index (χ3n) is 3.50. The lowest BCUT2D eigenvalue weighted by atomic mass is 10.0. The summed E-state index contributed by atoms with van der Waals surface area (Å²) in [7, 11) is 0. The van der Waals surface area contributed by atoms with E-state index < -0.39 is 35.0 Å². The number of hydrogen-bond acceptors (Lipinski definition) is 2. The summed E-state index contributed by atoms with van der Waals surface area (Å²) in [6.45, 7) is 0.0313. The number of halogens is 6. The van der Waals surface area contributed by atoms with Crippen molar-refractivity contribution in [2.45, 2.75) is 18.8 Å². The van der Waals surface area contributed by atoms with Crippen molar-refractivity contribution in [2.75, 3.05) is 6.61 Å². The van der Waals surface area contributed by atoms with Crippen LogP contribution in [0.5, 0.6) is 0 Å². The van der Waals surface area contributed by atoms with Gasteiger partial charge < -0.3 is 4.74 Å². The van der Waals surface area contributed by atoms with Crippen molar-refractivity contribution in [1.82, 2.24) is 0 Å². The minimum absolute atomic E-state index is 0.0233. The monoisotopic (exact) mass is 388 g/mol. The molecule has 0 fully saturated rings. The summed E-state index contributed by atoms with van der Waals surface area (Å²) in [5.41, 5.74) is -2.39. The summed E-state index contributed by atoms with van der Waals surface area (Å²) in [5, 5.41) is 0. The normalized spacial score (nSPS) is 12.4. The number of ether oxygens (including phenoxy) is 1. The Morgan fingerprint density at radius 2 is 1.44 bits per heavy atom. The van der Waals surface area contributed by atoms with Crippen LogP contribution in [0.3, 0.4) is 0 Å². The van der Waals surface area contributed by atoms with E-state index in [9.17, 15) is 31.1 Å². The van der Waals surface area contributed by atoms with E-state index in [0.29, 0.717) is 18.6 Å². The lowest BCUT2D eigenvalue weighted by Crippen LogP contribution is -2.11. The van der Waals surface area contributed by atoms with Crippen LogP contribution in [0.1, 0.15) is 22.3 Å². The van der Waals surface area contributed by atoms with Crippen LogP contribution in [-0.2, 0) is 28.3 Å². The van der Waals surface area contributed by atoms with Gasteiger partial charge >= 0.3 is 18.3 Å². The van der Waals surface area contributed by atoms with E-state index >= 15 is 0 Å². The first kappa shape index (κ1) is 20.5. The highest BCUT2D eigenvalue weighted by Crippen LogP contribution is 2.36. The number of carbonyl (C=O) groups is 1. The molecule has 27 heavy (non-hydrogen) atoms. The Bertz CT molecular complexity index is 775. The second-order valence-electron chi connectivity index (χ2n) is 5.58. The van der Waals surface area contributed by atoms with Crippen LogP contribution in [0.4, 0.5) is 26.3 Å². The molecule has 0 bridgehead atoms. The summed E-state index contributed by atoms with van der Waals surface area (Å²) < 4.78 is 81.6. The highest BCUT2D eigenvalue weighted by molar-refractivity contribution is 5.87. The van der Waals surface area contributed by atoms with Gasteiger partial charge in [0.1, 0.15) is 0 Å². The number of alkyl halides is 6. The van der Waals surface area contributed by atoms with Gasteiger partial charge in [0.05, 0.1) is 17.7 Å². The van der Waals surface area contributed by atoms with E-state index in [1.807, 2.05) is 30.3 Å². The average Bonchev–Trinajstić information content (AvgIpc) is 2.59. The first-order chi connectivity index (χ1) is 12.6. The van der Waals surface area contributed by atoms with Crippen LogP contribution in [0.2, 0.25) is 0 Å². The van der Waals surface area contributed by atoms with Crippen molar-refractivity contribution in [2.24, 2.45) is 0 Å². The van der Waals surface area contributed by atoms with Crippen LogP contribution >= 0.6 is 0 Å². The van der Waals surface area contributed by atoms with Gasteiger partial charge in [0.15, 0.2) is 0 Å². The van der Waals surface area contributed by atoms with Crippen molar-refractivity contribution in [3.05, 3.63) is 76.9 Å². The topological polar surface area (TPSA) is 26.3 Å². The highest BCUT2D eigenvalue weighted by atomic mass is 19.4. The largest absolute Gasteiger partial charge is 0.462 e. The summed E-state index contributed by atoms with van der Waals surface area (Å²) in [6, 6.07) is 10.2. The third kappa shape index (κ3) is 6.47. The van der Waals surface area contributed by atoms with Gasteiger partial charge in [0, 0.05) is 12.5 Å². The molecule has 0 saturated heterocycles. The molecule has 0 heterocycles. The molecule has 0 aromatic heterocycles. The van der Waals surface area contributed by atoms with Gasteiger partial charge in [-0.05, 0) is 35.4 Å². The van der Waals surface area contributed by atoms with Crippen molar-refractivity contribution in [3.63, 3.8) is 0 Å². The Morgan fingerprint density at radius 1 is 0.889 bits per heavy atom. The predicted molar refractivity (Wildman–Crippen MR) is 86.6 cm³/mol. The SMILES string of the molecule is O=C(C=Cc1cc(C(F)(F)F)cc(C(F)(F)F)c1)OCCc1ccccc1. The van der Waals surface area contributed by atoms with E-state index in [4.69, 9.17) is 4.74 Å². The molecule has 0 amide bonds. The highest BCUT2D eigenvalue weighted by Gasteiger charge is 2.36. The molecule has 0 unspecified atom stereocenters. The first-order valence-corrected chi connectivity index (χ1v) is 7.74. The maximum atomic E-state index is 12.8. The summed E-state index contributed by atoms with van der Waals surface area (Å²) in [5.74, 6) is -0.864. The average molecular weight is 388 g/mol. The molecule has 0 aliphatic rings. The lowest BCUT2D eigenvalue weighted by Gasteiger charge is -2.12. The molecule has 0 spiro atoms. The molecule has 0 aliphatic heterocycles. The molecular formula is C19H14F6O2. The van der Waals surface area contributed by atoms with Crippen LogP contribution < -0.4 is 0 Å². The molecule has 0 saturated carbocycles. The van der Waals surface area contributed by atoms with E-state index in [1.165, 1.54) is 0 Å². The van der Waals surface area contributed by atoms with E-state index in [0.717, 1.165) is 17.7 Å². The molecule has 144 valence electrons. The summed E-state index contributed by atoms with van der Waals surface area (Å²) in [6.07, 6.45) is -7.81. The molecule has 2 aromatic carbocycles.